The molecule has 204 valence electrons. The molecule has 8 N–H and O–H groups in total. The maximum absolute atomic E-state index is 13.5. The quantitative estimate of drug-likeness (QED) is 0.203. The Morgan fingerprint density at radius 3 is 2.14 bits per heavy atom. The number of carboxylic acid groups (broad SMARTS) is 1. The van der Waals surface area contributed by atoms with Gasteiger partial charge in [0.15, 0.2) is 0 Å². The van der Waals surface area contributed by atoms with Gasteiger partial charge in [-0.05, 0) is 30.4 Å². The molecule has 37 heavy (non-hydrogen) atoms. The average Bonchev–Trinajstić information content (AvgIpc) is 3.26. The molecule has 0 aliphatic carbocycles. The van der Waals surface area contributed by atoms with E-state index in [-0.39, 0.29) is 18.3 Å². The highest BCUT2D eigenvalue weighted by molar-refractivity contribution is 5.95. The number of carbonyl (C=O) groups is 4. The number of amides is 3. The number of carbonyl (C=O) groups excluding carboxylic acids is 3. The zero-order valence-electron chi connectivity index (χ0n) is 21.9. The summed E-state index contributed by atoms with van der Waals surface area (Å²) in [6.07, 6.45) is 1.22. The predicted octanol–water partition coefficient (Wildman–Crippen LogP) is 0.660. The van der Waals surface area contributed by atoms with Crippen molar-refractivity contribution in [2.24, 2.45) is 17.6 Å². The van der Waals surface area contributed by atoms with E-state index in [0.717, 1.165) is 16.5 Å². The first-order valence-corrected chi connectivity index (χ1v) is 12.5. The molecule has 0 aliphatic heterocycles. The lowest BCUT2D eigenvalue weighted by Crippen LogP contribution is -2.60. The van der Waals surface area contributed by atoms with Gasteiger partial charge in [0.1, 0.15) is 24.2 Å². The van der Waals surface area contributed by atoms with Gasteiger partial charge in [0.25, 0.3) is 0 Å². The molecule has 11 heteroatoms. The molecular weight excluding hydrogens is 478 g/mol. The van der Waals surface area contributed by atoms with Crippen LogP contribution in [-0.2, 0) is 25.6 Å². The zero-order chi connectivity index (χ0) is 27.9. The highest BCUT2D eigenvalue weighted by Gasteiger charge is 2.34. The van der Waals surface area contributed by atoms with Gasteiger partial charge in [-0.2, -0.15) is 0 Å². The van der Waals surface area contributed by atoms with Gasteiger partial charge >= 0.3 is 5.97 Å². The highest BCUT2D eigenvalue weighted by Crippen LogP contribution is 2.20. The van der Waals surface area contributed by atoms with Gasteiger partial charge in [-0.25, -0.2) is 4.79 Å². The molecule has 1 aromatic carbocycles. The lowest BCUT2D eigenvalue weighted by molar-refractivity contribution is -0.144. The Hall–Kier alpha value is -3.44. The fraction of sp³-hybridized carbons (Fsp3) is 0.538. The van der Waals surface area contributed by atoms with Crippen molar-refractivity contribution in [1.29, 1.82) is 0 Å². The number of aliphatic hydroxyl groups is 1. The van der Waals surface area contributed by atoms with Crippen LogP contribution < -0.4 is 21.7 Å². The maximum Gasteiger partial charge on any atom is 0.326 e. The summed E-state index contributed by atoms with van der Waals surface area (Å²) in [4.78, 5) is 54.0. The molecule has 0 bridgehead atoms. The van der Waals surface area contributed by atoms with E-state index in [0.29, 0.717) is 6.42 Å². The molecule has 11 nitrogen and oxygen atoms in total. The Morgan fingerprint density at radius 2 is 1.57 bits per heavy atom. The number of benzene rings is 1. The molecule has 0 radical (unpaired) electrons. The second-order valence-electron chi connectivity index (χ2n) is 9.83. The molecule has 1 heterocycles. The third-order valence-electron chi connectivity index (χ3n) is 6.58. The molecular formula is C26H39N5O6. The van der Waals surface area contributed by atoms with Gasteiger partial charge in [0, 0.05) is 23.5 Å². The number of H-pyrrole nitrogens is 1. The largest absolute Gasteiger partial charge is 0.480 e. The van der Waals surface area contributed by atoms with Crippen molar-refractivity contribution in [2.45, 2.75) is 77.7 Å². The Bertz CT molecular complexity index is 1100. The number of rotatable bonds is 13. The summed E-state index contributed by atoms with van der Waals surface area (Å²) in [6.45, 7) is 8.34. The summed E-state index contributed by atoms with van der Waals surface area (Å²) in [5.41, 5.74) is 7.40. The van der Waals surface area contributed by atoms with E-state index in [1.807, 2.05) is 31.2 Å². The second-order valence-corrected chi connectivity index (χ2v) is 9.83. The van der Waals surface area contributed by atoms with Crippen LogP contribution in [0.2, 0.25) is 0 Å². The number of nitrogens with one attached hydrogen (secondary N) is 4. The molecule has 0 fully saturated rings. The minimum absolute atomic E-state index is 0.0900. The number of hydrogen-bond acceptors (Lipinski definition) is 6. The smallest absolute Gasteiger partial charge is 0.326 e. The van der Waals surface area contributed by atoms with Gasteiger partial charge in [-0.1, -0.05) is 52.3 Å². The molecule has 2 rings (SSSR count). The first-order chi connectivity index (χ1) is 17.4. The fourth-order valence-electron chi connectivity index (χ4n) is 3.93. The first kappa shape index (κ1) is 29.8. The van der Waals surface area contributed by atoms with E-state index < -0.39 is 54.0 Å². The van der Waals surface area contributed by atoms with Crippen molar-refractivity contribution >= 4 is 34.6 Å². The van der Waals surface area contributed by atoms with Crippen LogP contribution in [0.5, 0.6) is 0 Å². The second kappa shape index (κ2) is 13.2. The molecule has 2 aromatic rings. The third-order valence-corrected chi connectivity index (χ3v) is 6.58. The summed E-state index contributed by atoms with van der Waals surface area (Å²) >= 11 is 0. The van der Waals surface area contributed by atoms with Crippen LogP contribution in [0, 0.1) is 11.8 Å². The molecule has 0 spiro atoms. The lowest BCUT2D eigenvalue weighted by Gasteiger charge is -2.29. The first-order valence-electron chi connectivity index (χ1n) is 12.5. The monoisotopic (exact) mass is 517 g/mol. The summed E-state index contributed by atoms with van der Waals surface area (Å²) in [6, 6.07) is 2.96. The molecule has 0 saturated carbocycles. The Labute approximate surface area is 216 Å². The number of aromatic amines is 1. The Balaban J connectivity index is 2.33. The van der Waals surface area contributed by atoms with Gasteiger partial charge < -0.3 is 36.9 Å². The normalized spacial score (nSPS) is 16.3. The van der Waals surface area contributed by atoms with Crippen molar-refractivity contribution < 1.29 is 29.4 Å². The lowest BCUT2D eigenvalue weighted by atomic mass is 9.95. The standard InChI is InChI=1S/C26H39N5O6/c1-6-14(4)22(25(35)30-21(13(2)3)26(36)37)31-23(33)19(29-24(34)20(27)15(5)32)11-16-12-28-18-10-8-7-9-17(16)18/h7-10,12-15,19-22,28,32H,6,11,27H2,1-5H3,(H,29,34)(H,30,35)(H,31,33)(H,36,37). The highest BCUT2D eigenvalue weighted by atomic mass is 16.4. The minimum Gasteiger partial charge on any atom is -0.480 e. The summed E-state index contributed by atoms with van der Waals surface area (Å²) in [7, 11) is 0. The number of aliphatic carboxylic acids is 1. The molecule has 1 aromatic heterocycles. The number of aromatic nitrogens is 1. The van der Waals surface area contributed by atoms with Crippen LogP contribution in [0.4, 0.5) is 0 Å². The van der Waals surface area contributed by atoms with Gasteiger partial charge in [0.2, 0.25) is 17.7 Å². The molecule has 3 amide bonds. The van der Waals surface area contributed by atoms with E-state index in [1.165, 1.54) is 6.92 Å². The molecule has 6 atom stereocenters. The molecule has 6 unspecified atom stereocenters. The topological polar surface area (TPSA) is 187 Å². The van der Waals surface area contributed by atoms with Crippen LogP contribution in [0.25, 0.3) is 10.9 Å². The molecule has 0 saturated heterocycles. The van der Waals surface area contributed by atoms with E-state index in [9.17, 15) is 29.4 Å². The van der Waals surface area contributed by atoms with Gasteiger partial charge in [-0.3, -0.25) is 14.4 Å². The van der Waals surface area contributed by atoms with Crippen molar-refractivity contribution in [3.05, 3.63) is 36.0 Å². The van der Waals surface area contributed by atoms with Crippen LogP contribution in [0.1, 0.15) is 46.6 Å². The molecule has 0 aliphatic rings. The predicted molar refractivity (Wildman–Crippen MR) is 139 cm³/mol. The number of fused-ring (bicyclic) bond motifs is 1. The fourth-order valence-corrected chi connectivity index (χ4v) is 3.93. The summed E-state index contributed by atoms with van der Waals surface area (Å²) in [5, 5.41) is 27.9. The SMILES string of the molecule is CCC(C)C(NC(=O)C(Cc1c[nH]c2ccccc12)NC(=O)C(N)C(C)O)C(=O)NC(C(=O)O)C(C)C. The van der Waals surface area contributed by atoms with Crippen LogP contribution in [0.15, 0.2) is 30.5 Å². The number of nitrogens with two attached hydrogens (primary N) is 1. The van der Waals surface area contributed by atoms with Crippen molar-refractivity contribution in [2.75, 3.05) is 0 Å². The van der Waals surface area contributed by atoms with E-state index in [1.54, 1.807) is 27.0 Å². The average molecular weight is 518 g/mol. The number of hydrogen-bond donors (Lipinski definition) is 7. The minimum atomic E-state index is -1.26. The van der Waals surface area contributed by atoms with E-state index in [2.05, 4.69) is 20.9 Å². The third kappa shape index (κ3) is 7.77. The van der Waals surface area contributed by atoms with Crippen molar-refractivity contribution in [3.8, 4) is 0 Å². The van der Waals surface area contributed by atoms with E-state index in [4.69, 9.17) is 5.73 Å². The maximum atomic E-state index is 13.5. The van der Waals surface area contributed by atoms with Crippen LogP contribution >= 0.6 is 0 Å². The van der Waals surface area contributed by atoms with Crippen molar-refractivity contribution in [1.82, 2.24) is 20.9 Å². The Kier molecular flexibility index (Phi) is 10.6. The zero-order valence-corrected chi connectivity index (χ0v) is 21.9. The van der Waals surface area contributed by atoms with Crippen molar-refractivity contribution in [3.63, 3.8) is 0 Å². The Morgan fingerprint density at radius 1 is 0.946 bits per heavy atom. The van der Waals surface area contributed by atoms with Gasteiger partial charge in [0.05, 0.1) is 6.10 Å². The van der Waals surface area contributed by atoms with Crippen LogP contribution in [0.3, 0.4) is 0 Å². The number of para-hydroxylation sites is 1. The van der Waals surface area contributed by atoms with Crippen LogP contribution in [-0.4, -0.2) is 69.2 Å². The van der Waals surface area contributed by atoms with E-state index >= 15 is 0 Å². The number of aliphatic hydroxyl groups excluding tert-OH is 1. The summed E-state index contributed by atoms with van der Waals surface area (Å²) < 4.78 is 0. The van der Waals surface area contributed by atoms with Gasteiger partial charge in [-0.15, -0.1) is 0 Å². The number of carboxylic acids is 1. The summed E-state index contributed by atoms with van der Waals surface area (Å²) in [5.74, 6) is -3.84.